The number of rotatable bonds is 7. The molecule has 1 aliphatic rings. The topological polar surface area (TPSA) is 103 Å². The summed E-state index contributed by atoms with van der Waals surface area (Å²) in [5.74, 6) is 1.30. The monoisotopic (exact) mass is 500 g/mol. The molecule has 5 rings (SSSR count). The zero-order chi connectivity index (χ0) is 25.9. The number of hydrogen-bond acceptors (Lipinski definition) is 7. The van der Waals surface area contributed by atoms with E-state index in [1.165, 1.54) is 12.1 Å². The first-order valence-electron chi connectivity index (χ1n) is 11.7. The van der Waals surface area contributed by atoms with Gasteiger partial charge in [0, 0.05) is 17.5 Å². The highest BCUT2D eigenvalue weighted by atomic mass is 19.1. The van der Waals surface area contributed by atoms with E-state index < -0.39 is 6.04 Å². The molecule has 0 bridgehead atoms. The average Bonchev–Trinajstić information content (AvgIpc) is 3.32. The number of amides is 1. The van der Waals surface area contributed by atoms with Crippen LogP contribution in [-0.2, 0) is 4.79 Å². The Balaban J connectivity index is 1.62. The molecule has 0 spiro atoms. The Bertz CT molecular complexity index is 1470. The van der Waals surface area contributed by atoms with Crippen LogP contribution in [0.3, 0.4) is 0 Å². The highest BCUT2D eigenvalue weighted by Gasteiger charge is 2.35. The van der Waals surface area contributed by atoms with Gasteiger partial charge in [0.2, 0.25) is 5.95 Å². The molecule has 3 heterocycles. The second-order valence-corrected chi connectivity index (χ2v) is 8.32. The SMILES string of the molecule is CCOc1ccc(C2C(C(=O)Nc3cccnc3)=C(C)Nc3nc(-c4ccc(F)cc4)nn32)cc1OC. The molecule has 0 saturated heterocycles. The quantitative estimate of drug-likeness (QED) is 0.375. The van der Waals surface area contributed by atoms with E-state index in [2.05, 4.69) is 20.6 Å². The summed E-state index contributed by atoms with van der Waals surface area (Å²) in [5.41, 5.74) is 3.01. The summed E-state index contributed by atoms with van der Waals surface area (Å²) >= 11 is 0. The summed E-state index contributed by atoms with van der Waals surface area (Å²) < 4.78 is 26.4. The number of fused-ring (bicyclic) bond motifs is 1. The summed E-state index contributed by atoms with van der Waals surface area (Å²) in [4.78, 5) is 22.3. The van der Waals surface area contributed by atoms with Crippen LogP contribution >= 0.6 is 0 Å². The Morgan fingerprint density at radius 1 is 1.16 bits per heavy atom. The molecule has 1 aliphatic heterocycles. The lowest BCUT2D eigenvalue weighted by Crippen LogP contribution is -2.31. The van der Waals surface area contributed by atoms with E-state index in [1.54, 1.807) is 48.5 Å². The number of ether oxygens (including phenoxy) is 2. The van der Waals surface area contributed by atoms with Crippen molar-refractivity contribution in [3.8, 4) is 22.9 Å². The minimum absolute atomic E-state index is 0.319. The molecule has 4 aromatic rings. The second-order valence-electron chi connectivity index (χ2n) is 8.32. The number of methoxy groups -OCH3 is 1. The van der Waals surface area contributed by atoms with Crippen LogP contribution in [0.1, 0.15) is 25.5 Å². The molecular formula is C27H25FN6O3. The Hall–Kier alpha value is -4.73. The number of nitrogens with one attached hydrogen (secondary N) is 2. The van der Waals surface area contributed by atoms with Gasteiger partial charge in [-0.15, -0.1) is 5.10 Å². The van der Waals surface area contributed by atoms with Gasteiger partial charge in [0.15, 0.2) is 17.3 Å². The van der Waals surface area contributed by atoms with Crippen LogP contribution in [0.25, 0.3) is 11.4 Å². The lowest BCUT2D eigenvalue weighted by Gasteiger charge is -2.29. The van der Waals surface area contributed by atoms with Gasteiger partial charge >= 0.3 is 0 Å². The minimum atomic E-state index is -0.640. The number of pyridine rings is 1. The van der Waals surface area contributed by atoms with Crippen LogP contribution in [0, 0.1) is 5.82 Å². The van der Waals surface area contributed by atoms with E-state index in [0.717, 1.165) is 5.56 Å². The van der Waals surface area contributed by atoms with Crippen LogP contribution < -0.4 is 20.1 Å². The van der Waals surface area contributed by atoms with Crippen molar-refractivity contribution in [1.82, 2.24) is 19.7 Å². The fraction of sp³-hybridized carbons (Fsp3) is 0.185. The van der Waals surface area contributed by atoms with Crippen molar-refractivity contribution in [2.75, 3.05) is 24.4 Å². The number of aromatic nitrogens is 4. The number of hydrogen-bond donors (Lipinski definition) is 2. The summed E-state index contributed by atoms with van der Waals surface area (Å²) in [7, 11) is 1.56. The minimum Gasteiger partial charge on any atom is -0.493 e. The van der Waals surface area contributed by atoms with Gasteiger partial charge in [0.25, 0.3) is 5.91 Å². The molecule has 2 aromatic carbocycles. The molecule has 2 N–H and O–H groups in total. The number of allylic oxidation sites excluding steroid dienone is 1. The van der Waals surface area contributed by atoms with Gasteiger partial charge in [-0.1, -0.05) is 6.07 Å². The summed E-state index contributed by atoms with van der Waals surface area (Å²) in [6, 6.07) is 14.3. The molecule has 0 aliphatic carbocycles. The number of carbonyl (C=O) groups is 1. The van der Waals surface area contributed by atoms with E-state index in [4.69, 9.17) is 14.6 Å². The highest BCUT2D eigenvalue weighted by Crippen LogP contribution is 2.40. The van der Waals surface area contributed by atoms with Gasteiger partial charge in [0.05, 0.1) is 31.2 Å². The predicted molar refractivity (Wildman–Crippen MR) is 137 cm³/mol. The average molecular weight is 501 g/mol. The van der Waals surface area contributed by atoms with Crippen LogP contribution in [0.2, 0.25) is 0 Å². The van der Waals surface area contributed by atoms with Crippen molar-refractivity contribution in [3.05, 3.63) is 89.6 Å². The van der Waals surface area contributed by atoms with Crippen molar-refractivity contribution < 1.29 is 18.7 Å². The van der Waals surface area contributed by atoms with Gasteiger partial charge in [-0.05, 0) is 67.9 Å². The van der Waals surface area contributed by atoms with Crippen molar-refractivity contribution in [1.29, 1.82) is 0 Å². The summed E-state index contributed by atoms with van der Waals surface area (Å²) in [6.07, 6.45) is 3.21. The molecular weight excluding hydrogens is 475 g/mol. The van der Waals surface area contributed by atoms with Crippen molar-refractivity contribution in [2.45, 2.75) is 19.9 Å². The first-order valence-corrected chi connectivity index (χ1v) is 11.7. The normalized spacial score (nSPS) is 14.5. The van der Waals surface area contributed by atoms with E-state index in [9.17, 15) is 9.18 Å². The van der Waals surface area contributed by atoms with E-state index in [1.807, 2.05) is 32.0 Å². The Morgan fingerprint density at radius 3 is 2.68 bits per heavy atom. The Kier molecular flexibility index (Phi) is 6.55. The van der Waals surface area contributed by atoms with E-state index >= 15 is 0 Å². The molecule has 0 radical (unpaired) electrons. The maximum absolute atomic E-state index is 13.6. The zero-order valence-corrected chi connectivity index (χ0v) is 20.5. The predicted octanol–water partition coefficient (Wildman–Crippen LogP) is 4.81. The number of carbonyl (C=O) groups excluding carboxylic acids is 1. The van der Waals surface area contributed by atoms with Crippen molar-refractivity contribution in [2.24, 2.45) is 0 Å². The van der Waals surface area contributed by atoms with E-state index in [0.29, 0.717) is 52.4 Å². The fourth-order valence-corrected chi connectivity index (χ4v) is 4.24. The standard InChI is InChI=1S/C27H25FN6O3/c1-4-37-21-12-9-18(14-22(21)36-3)24-23(26(35)31-20-6-5-13-29-15-20)16(2)30-27-32-25(33-34(24)27)17-7-10-19(28)11-8-17/h5-15,24H,4H2,1-3H3,(H,31,35)(H,30,32,33). The summed E-state index contributed by atoms with van der Waals surface area (Å²) in [5, 5.41) is 10.8. The molecule has 2 aromatic heterocycles. The van der Waals surface area contributed by atoms with Crippen LogP contribution in [0.4, 0.5) is 16.0 Å². The molecule has 1 unspecified atom stereocenters. The number of benzene rings is 2. The van der Waals surface area contributed by atoms with Gasteiger partial charge in [-0.2, -0.15) is 4.98 Å². The number of anilines is 2. The molecule has 0 saturated carbocycles. The lowest BCUT2D eigenvalue weighted by atomic mass is 9.94. The lowest BCUT2D eigenvalue weighted by molar-refractivity contribution is -0.113. The highest BCUT2D eigenvalue weighted by molar-refractivity contribution is 6.06. The second kappa shape index (κ2) is 10.1. The Morgan fingerprint density at radius 2 is 1.97 bits per heavy atom. The van der Waals surface area contributed by atoms with Gasteiger partial charge in [-0.3, -0.25) is 9.78 Å². The molecule has 10 heteroatoms. The molecule has 37 heavy (non-hydrogen) atoms. The van der Waals surface area contributed by atoms with Crippen molar-refractivity contribution in [3.63, 3.8) is 0 Å². The third kappa shape index (κ3) is 4.73. The first kappa shape index (κ1) is 24.0. The van der Waals surface area contributed by atoms with Gasteiger partial charge in [-0.25, -0.2) is 9.07 Å². The largest absolute Gasteiger partial charge is 0.493 e. The third-order valence-electron chi connectivity index (χ3n) is 5.92. The molecule has 0 fully saturated rings. The maximum Gasteiger partial charge on any atom is 0.255 e. The smallest absolute Gasteiger partial charge is 0.255 e. The van der Waals surface area contributed by atoms with Crippen LogP contribution in [0.15, 0.2) is 78.3 Å². The Labute approximate surface area is 213 Å². The molecule has 9 nitrogen and oxygen atoms in total. The van der Waals surface area contributed by atoms with E-state index in [-0.39, 0.29) is 11.7 Å². The fourth-order valence-electron chi connectivity index (χ4n) is 4.24. The molecule has 1 atom stereocenters. The molecule has 1 amide bonds. The zero-order valence-electron chi connectivity index (χ0n) is 20.5. The maximum atomic E-state index is 13.6. The van der Waals surface area contributed by atoms with Gasteiger partial charge in [0.1, 0.15) is 11.9 Å². The molecule has 188 valence electrons. The summed E-state index contributed by atoms with van der Waals surface area (Å²) in [6.45, 7) is 4.19. The van der Waals surface area contributed by atoms with Crippen molar-refractivity contribution >= 4 is 17.5 Å². The van der Waals surface area contributed by atoms with Crippen LogP contribution in [0.5, 0.6) is 11.5 Å². The first-order chi connectivity index (χ1) is 18.0. The van der Waals surface area contributed by atoms with Gasteiger partial charge < -0.3 is 20.1 Å². The van der Waals surface area contributed by atoms with Crippen LogP contribution in [-0.4, -0.2) is 39.4 Å². The number of nitrogens with zero attached hydrogens (tertiary/aromatic N) is 4. The third-order valence-corrected chi connectivity index (χ3v) is 5.92. The number of halogens is 1.